The molecule has 3 aliphatic carbocycles. The number of benzene rings is 1. The Morgan fingerprint density at radius 2 is 1.80 bits per heavy atom. The summed E-state index contributed by atoms with van der Waals surface area (Å²) in [6.07, 6.45) is 6.37. The Balaban J connectivity index is 1.14. The summed E-state index contributed by atoms with van der Waals surface area (Å²) < 4.78 is 7.01. The van der Waals surface area contributed by atoms with E-state index in [4.69, 9.17) is 4.74 Å². The van der Waals surface area contributed by atoms with Gasteiger partial charge >= 0.3 is 0 Å². The van der Waals surface area contributed by atoms with Crippen molar-refractivity contribution in [3.05, 3.63) is 53.5 Å². The van der Waals surface area contributed by atoms with Gasteiger partial charge in [0.2, 0.25) is 0 Å². The molecule has 3 N–H and O–H groups in total. The van der Waals surface area contributed by atoms with Gasteiger partial charge in [0.1, 0.15) is 22.9 Å². The number of carbonyl (C=O) groups is 4. The van der Waals surface area contributed by atoms with Crippen LogP contribution in [0.3, 0.4) is 0 Å². The molecule has 0 saturated heterocycles. The molecule has 3 saturated carbocycles. The van der Waals surface area contributed by atoms with Gasteiger partial charge in [-0.25, -0.2) is 9.50 Å². The predicted molar refractivity (Wildman–Crippen MR) is 145 cm³/mol. The lowest BCUT2D eigenvalue weighted by atomic mass is 9.52. The summed E-state index contributed by atoms with van der Waals surface area (Å²) in [6, 6.07) is 8.41. The van der Waals surface area contributed by atoms with E-state index in [0.29, 0.717) is 23.6 Å². The summed E-state index contributed by atoms with van der Waals surface area (Å²) in [7, 11) is 0. The topological polar surface area (TPSA) is 144 Å². The summed E-state index contributed by atoms with van der Waals surface area (Å²) >= 11 is 0. The molecule has 3 heterocycles. The fourth-order valence-corrected chi connectivity index (χ4v) is 6.24. The Morgan fingerprint density at radius 1 is 1.05 bits per heavy atom. The molecule has 2 aromatic heterocycles. The Morgan fingerprint density at radius 3 is 2.52 bits per heavy atom. The van der Waals surface area contributed by atoms with Gasteiger partial charge in [0.05, 0.1) is 11.9 Å². The second-order valence-corrected chi connectivity index (χ2v) is 11.4. The first kappa shape index (κ1) is 26.0. The summed E-state index contributed by atoms with van der Waals surface area (Å²) in [6.45, 7) is 4.09. The second-order valence-electron chi connectivity index (χ2n) is 11.4. The van der Waals surface area contributed by atoms with Crippen molar-refractivity contribution in [1.82, 2.24) is 25.2 Å². The highest BCUT2D eigenvalue weighted by atomic mass is 16.5. The van der Waals surface area contributed by atoms with Crippen LogP contribution in [0.2, 0.25) is 0 Å². The van der Waals surface area contributed by atoms with Gasteiger partial charge in [0, 0.05) is 30.6 Å². The number of ketones is 1. The van der Waals surface area contributed by atoms with Crippen LogP contribution in [-0.4, -0.2) is 50.8 Å². The highest BCUT2D eigenvalue weighted by molar-refractivity contribution is 5.99. The van der Waals surface area contributed by atoms with Crippen molar-refractivity contribution in [1.29, 1.82) is 0 Å². The van der Waals surface area contributed by atoms with Crippen LogP contribution >= 0.6 is 0 Å². The number of nitrogens with zero attached hydrogens (tertiary/aromatic N) is 3. The number of hydrogen-bond donors (Lipinski definition) is 3. The molecule has 3 fully saturated rings. The zero-order chi connectivity index (χ0) is 28.1. The number of aromatic nitrogens is 3. The van der Waals surface area contributed by atoms with E-state index in [1.807, 2.05) is 6.07 Å². The van der Waals surface area contributed by atoms with Crippen LogP contribution in [0, 0.1) is 10.8 Å². The Hall–Kier alpha value is -4.28. The van der Waals surface area contributed by atoms with Gasteiger partial charge in [-0.2, -0.15) is 5.10 Å². The number of carbonyl (C=O) groups excluding carboxylic acids is 4. The molecule has 2 bridgehead atoms. The number of nitrogens with one attached hydrogen (secondary N) is 3. The number of amides is 3. The van der Waals surface area contributed by atoms with Crippen LogP contribution in [0.15, 0.2) is 36.5 Å². The minimum atomic E-state index is -0.565. The Kier molecular flexibility index (Phi) is 6.31. The van der Waals surface area contributed by atoms with Gasteiger partial charge in [-0.15, -0.1) is 0 Å². The Bertz CT molecular complexity index is 1520. The van der Waals surface area contributed by atoms with E-state index in [0.717, 1.165) is 44.1 Å². The standard InChI is InChI=1S/C29H32N6O5/c1-17-25(37)34-20-13-19(3-4-23(20)40-17)15-30-26(38)21-14-22(35-24(33-21)5-12-32-35)27(39)31-16-28-6-9-29(10-7-28,11-8-28)18(2)36/h3-5,12-14,17H,6-11,15-16H2,1-2H3,(H,30,38)(H,31,39)(H,34,37). The van der Waals surface area contributed by atoms with E-state index in [9.17, 15) is 19.2 Å². The maximum atomic E-state index is 13.3. The third-order valence-electron chi connectivity index (χ3n) is 9.02. The van der Waals surface area contributed by atoms with E-state index < -0.39 is 12.0 Å². The first-order valence-corrected chi connectivity index (χ1v) is 13.7. The largest absolute Gasteiger partial charge is 0.479 e. The van der Waals surface area contributed by atoms with Crippen LogP contribution in [-0.2, 0) is 16.1 Å². The van der Waals surface area contributed by atoms with Crippen LogP contribution < -0.4 is 20.7 Å². The highest BCUT2D eigenvalue weighted by Crippen LogP contribution is 2.56. The van der Waals surface area contributed by atoms with Crippen molar-refractivity contribution in [2.75, 3.05) is 11.9 Å². The molecule has 0 radical (unpaired) electrons. The molecule has 1 unspecified atom stereocenters. The van der Waals surface area contributed by atoms with E-state index in [2.05, 4.69) is 26.0 Å². The molecular weight excluding hydrogens is 512 g/mol. The lowest BCUT2D eigenvalue weighted by Gasteiger charge is -2.52. The third kappa shape index (κ3) is 4.59. The van der Waals surface area contributed by atoms with Crippen molar-refractivity contribution in [3.63, 3.8) is 0 Å². The molecule has 7 rings (SSSR count). The predicted octanol–water partition coefficient (Wildman–Crippen LogP) is 3.04. The molecule has 4 aliphatic rings. The first-order valence-electron chi connectivity index (χ1n) is 13.7. The van der Waals surface area contributed by atoms with Crippen molar-refractivity contribution in [3.8, 4) is 5.75 Å². The number of fused-ring (bicyclic) bond motifs is 5. The second kappa shape index (κ2) is 9.72. The molecule has 11 heteroatoms. The minimum Gasteiger partial charge on any atom is -0.479 e. The number of Topliss-reactive ketones (excluding diaryl/α,β-unsaturated/α-hetero) is 1. The zero-order valence-electron chi connectivity index (χ0n) is 22.6. The van der Waals surface area contributed by atoms with Gasteiger partial charge in [-0.1, -0.05) is 6.07 Å². The molecular formula is C29H32N6O5. The van der Waals surface area contributed by atoms with Crippen LogP contribution in [0.25, 0.3) is 5.65 Å². The summed E-state index contributed by atoms with van der Waals surface area (Å²) in [5.74, 6) is -0.134. The molecule has 11 nitrogen and oxygen atoms in total. The number of rotatable bonds is 7. The van der Waals surface area contributed by atoms with Crippen molar-refractivity contribution in [2.45, 2.75) is 65.0 Å². The number of hydrogen-bond acceptors (Lipinski definition) is 7. The molecule has 1 aliphatic heterocycles. The minimum absolute atomic E-state index is 0.000748. The molecule has 1 atom stereocenters. The van der Waals surface area contributed by atoms with Crippen LogP contribution in [0.5, 0.6) is 5.75 Å². The van der Waals surface area contributed by atoms with Gasteiger partial charge in [-0.05, 0) is 75.5 Å². The molecule has 3 amide bonds. The maximum absolute atomic E-state index is 13.3. The average molecular weight is 545 g/mol. The van der Waals surface area contributed by atoms with Gasteiger partial charge in [0.25, 0.3) is 17.7 Å². The summed E-state index contributed by atoms with van der Waals surface area (Å²) in [4.78, 5) is 54.9. The first-order chi connectivity index (χ1) is 19.2. The maximum Gasteiger partial charge on any atom is 0.270 e. The van der Waals surface area contributed by atoms with Gasteiger partial charge in [0.15, 0.2) is 11.8 Å². The molecule has 208 valence electrons. The fraction of sp³-hybridized carbons (Fsp3) is 0.448. The van der Waals surface area contributed by atoms with Crippen LogP contribution in [0.4, 0.5) is 5.69 Å². The van der Waals surface area contributed by atoms with Gasteiger partial charge < -0.3 is 20.7 Å². The smallest absolute Gasteiger partial charge is 0.270 e. The third-order valence-corrected chi connectivity index (χ3v) is 9.02. The van der Waals surface area contributed by atoms with Crippen molar-refractivity contribution in [2.24, 2.45) is 10.8 Å². The lowest BCUT2D eigenvalue weighted by molar-refractivity contribution is -0.135. The van der Waals surface area contributed by atoms with Crippen LogP contribution in [0.1, 0.15) is 78.9 Å². The van der Waals surface area contributed by atoms with E-state index in [1.54, 1.807) is 32.0 Å². The Labute approximate surface area is 231 Å². The molecule has 3 aromatic rings. The fourth-order valence-electron chi connectivity index (χ4n) is 6.24. The molecule has 1 aromatic carbocycles. The number of ether oxygens (including phenoxy) is 1. The monoisotopic (exact) mass is 544 g/mol. The average Bonchev–Trinajstić information content (AvgIpc) is 3.44. The van der Waals surface area contributed by atoms with Crippen molar-refractivity contribution >= 4 is 34.8 Å². The van der Waals surface area contributed by atoms with E-state index >= 15 is 0 Å². The summed E-state index contributed by atoms with van der Waals surface area (Å²) in [5.41, 5.74) is 1.86. The van der Waals surface area contributed by atoms with E-state index in [1.165, 1.54) is 16.8 Å². The SMILES string of the molecule is CC(=O)C12CCC(CNC(=O)c3cc(C(=O)NCc4ccc5c(c4)NC(=O)C(C)O5)nc4ccnn34)(CC1)CC2. The van der Waals surface area contributed by atoms with Gasteiger partial charge in [-0.3, -0.25) is 19.2 Å². The molecule has 40 heavy (non-hydrogen) atoms. The lowest BCUT2D eigenvalue weighted by Crippen LogP contribution is -2.49. The normalized spacial score (nSPS) is 25.1. The van der Waals surface area contributed by atoms with E-state index in [-0.39, 0.29) is 46.4 Å². The number of anilines is 1. The highest BCUT2D eigenvalue weighted by Gasteiger charge is 2.50. The zero-order valence-corrected chi connectivity index (χ0v) is 22.6. The van der Waals surface area contributed by atoms with Crippen molar-refractivity contribution < 1.29 is 23.9 Å². The summed E-state index contributed by atoms with van der Waals surface area (Å²) in [5, 5.41) is 12.9. The quantitative estimate of drug-likeness (QED) is 0.415. The molecule has 0 spiro atoms.